The maximum atomic E-state index is 12.2. The summed E-state index contributed by atoms with van der Waals surface area (Å²) in [4.78, 5) is 47.4. The Labute approximate surface area is 257 Å². The van der Waals surface area contributed by atoms with Gasteiger partial charge < -0.3 is 28.4 Å². The van der Waals surface area contributed by atoms with Crippen molar-refractivity contribution >= 4 is 30.0 Å². The van der Waals surface area contributed by atoms with Crippen LogP contribution in [0.15, 0.2) is 79.4 Å². The van der Waals surface area contributed by atoms with Gasteiger partial charge in [0, 0.05) is 24.1 Å². The second-order valence-electron chi connectivity index (χ2n) is 9.88. The lowest BCUT2D eigenvalue weighted by atomic mass is 9.98. The summed E-state index contributed by atoms with van der Waals surface area (Å²) in [5.74, 6) is -0.640. The molecule has 0 radical (unpaired) electrons. The van der Waals surface area contributed by atoms with Gasteiger partial charge in [0.25, 0.3) is 0 Å². The number of rotatable bonds is 17. The van der Waals surface area contributed by atoms with E-state index < -0.39 is 23.9 Å². The normalized spacial score (nSPS) is 13.0. The van der Waals surface area contributed by atoms with Crippen LogP contribution in [0.3, 0.4) is 0 Å². The molecular weight excluding hydrogens is 568 g/mol. The van der Waals surface area contributed by atoms with Crippen LogP contribution in [-0.2, 0) is 33.4 Å². The molecule has 1 aliphatic rings. The van der Waals surface area contributed by atoms with E-state index in [9.17, 15) is 19.2 Å². The minimum Gasteiger partial charge on any atom is -0.493 e. The van der Waals surface area contributed by atoms with Gasteiger partial charge in [-0.15, -0.1) is 0 Å². The zero-order chi connectivity index (χ0) is 31.6. The topological polar surface area (TPSA) is 124 Å². The lowest BCUT2D eigenvalue weighted by Gasteiger charge is -2.21. The van der Waals surface area contributed by atoms with Crippen molar-refractivity contribution in [3.05, 3.63) is 85.0 Å². The molecule has 0 bridgehead atoms. The van der Waals surface area contributed by atoms with Crippen LogP contribution in [0.1, 0.15) is 50.5 Å². The first-order valence-electron chi connectivity index (χ1n) is 14.5. The molecule has 234 valence electrons. The number of carbonyl (C=O) groups excluding carboxylic acids is 4. The molecule has 10 nitrogen and oxygen atoms in total. The van der Waals surface area contributed by atoms with Crippen LogP contribution in [0.4, 0.5) is 0 Å². The zero-order valence-electron chi connectivity index (χ0n) is 24.7. The Balaban J connectivity index is 1.29. The predicted molar refractivity (Wildman–Crippen MR) is 162 cm³/mol. The van der Waals surface area contributed by atoms with E-state index in [0.29, 0.717) is 30.3 Å². The molecule has 44 heavy (non-hydrogen) atoms. The highest BCUT2D eigenvalue weighted by molar-refractivity contribution is 5.93. The number of hydrogen-bond donors (Lipinski definition) is 0. The molecule has 2 aromatic carbocycles. The fourth-order valence-corrected chi connectivity index (χ4v) is 4.13. The van der Waals surface area contributed by atoms with E-state index in [1.54, 1.807) is 54.6 Å². The average Bonchev–Trinajstić information content (AvgIpc) is 3.03. The fraction of sp³-hybridized carbons (Fsp3) is 0.353. The molecule has 1 aliphatic carbocycles. The molecule has 0 aromatic heterocycles. The second kappa shape index (κ2) is 18.6. The summed E-state index contributed by atoms with van der Waals surface area (Å²) in [5, 5.41) is 0. The Morgan fingerprint density at radius 2 is 1.39 bits per heavy atom. The standard InChI is InChI=1S/C34H38O10/c1-3-31(35)41-21-7-20-39-28-15-17-30(18-16-28)43-32(36)19-12-26-10-13-27(14-11-26)40-22-23-42-34(38)25(2)24-33(37)44-29-8-5-4-6-9-29/h3,10-19,29H,1-2,4-9,20-24H2/b19-12+. The first kappa shape index (κ1) is 33.6. The molecule has 0 atom stereocenters. The first-order valence-corrected chi connectivity index (χ1v) is 14.5. The monoisotopic (exact) mass is 606 g/mol. The molecule has 0 spiro atoms. The summed E-state index contributed by atoms with van der Waals surface area (Å²) in [6.45, 7) is 7.66. The Bertz CT molecular complexity index is 1290. The summed E-state index contributed by atoms with van der Waals surface area (Å²) in [5.41, 5.74) is 0.795. The summed E-state index contributed by atoms with van der Waals surface area (Å²) in [7, 11) is 0. The lowest BCUT2D eigenvalue weighted by molar-refractivity contribution is -0.151. The average molecular weight is 607 g/mol. The number of benzene rings is 2. The summed E-state index contributed by atoms with van der Waals surface area (Å²) in [6.07, 6.45) is 9.25. The molecule has 0 amide bonds. The molecule has 0 unspecified atom stereocenters. The van der Waals surface area contributed by atoms with Gasteiger partial charge in [-0.1, -0.05) is 31.7 Å². The maximum Gasteiger partial charge on any atom is 0.336 e. The molecule has 0 aliphatic heterocycles. The summed E-state index contributed by atoms with van der Waals surface area (Å²) < 4.78 is 31.9. The van der Waals surface area contributed by atoms with Crippen LogP contribution < -0.4 is 14.2 Å². The molecule has 1 fully saturated rings. The van der Waals surface area contributed by atoms with Crippen LogP contribution in [-0.4, -0.2) is 56.4 Å². The highest BCUT2D eigenvalue weighted by Gasteiger charge is 2.20. The minimum atomic E-state index is -0.661. The number of esters is 4. The van der Waals surface area contributed by atoms with Gasteiger partial charge in [0.1, 0.15) is 36.6 Å². The van der Waals surface area contributed by atoms with Gasteiger partial charge in [-0.25, -0.2) is 14.4 Å². The van der Waals surface area contributed by atoms with Gasteiger partial charge in [0.15, 0.2) is 0 Å². The lowest BCUT2D eigenvalue weighted by Crippen LogP contribution is -2.22. The van der Waals surface area contributed by atoms with E-state index in [0.717, 1.165) is 43.7 Å². The highest BCUT2D eigenvalue weighted by Crippen LogP contribution is 2.21. The van der Waals surface area contributed by atoms with E-state index in [2.05, 4.69) is 13.2 Å². The van der Waals surface area contributed by atoms with Crippen molar-refractivity contribution in [2.45, 2.75) is 51.0 Å². The molecule has 10 heteroatoms. The van der Waals surface area contributed by atoms with Crippen LogP contribution in [0.2, 0.25) is 0 Å². The number of ether oxygens (including phenoxy) is 6. The van der Waals surface area contributed by atoms with E-state index in [1.165, 1.54) is 6.08 Å². The molecule has 2 aromatic rings. The first-order chi connectivity index (χ1) is 21.3. The second-order valence-corrected chi connectivity index (χ2v) is 9.88. The van der Waals surface area contributed by atoms with Crippen molar-refractivity contribution in [3.8, 4) is 17.2 Å². The largest absolute Gasteiger partial charge is 0.493 e. The molecule has 0 heterocycles. The van der Waals surface area contributed by atoms with Gasteiger partial charge in [0.05, 0.1) is 19.6 Å². The maximum absolute atomic E-state index is 12.2. The smallest absolute Gasteiger partial charge is 0.336 e. The van der Waals surface area contributed by atoms with E-state index in [1.807, 2.05) is 0 Å². The highest BCUT2D eigenvalue weighted by atomic mass is 16.6. The molecule has 0 N–H and O–H groups in total. The third-order valence-electron chi connectivity index (χ3n) is 6.38. The minimum absolute atomic E-state index is 0.0106. The van der Waals surface area contributed by atoms with Crippen molar-refractivity contribution in [1.82, 2.24) is 0 Å². The predicted octanol–water partition coefficient (Wildman–Crippen LogP) is 5.55. The van der Waals surface area contributed by atoms with Crippen molar-refractivity contribution in [1.29, 1.82) is 0 Å². The van der Waals surface area contributed by atoms with Crippen molar-refractivity contribution in [2.75, 3.05) is 26.4 Å². The van der Waals surface area contributed by atoms with Crippen LogP contribution >= 0.6 is 0 Å². The molecular formula is C34H38O10. The van der Waals surface area contributed by atoms with Crippen molar-refractivity contribution < 1.29 is 47.6 Å². The Morgan fingerprint density at radius 1 is 0.750 bits per heavy atom. The Hall–Kier alpha value is -4.86. The van der Waals surface area contributed by atoms with Crippen LogP contribution in [0.25, 0.3) is 6.08 Å². The van der Waals surface area contributed by atoms with Crippen LogP contribution in [0, 0.1) is 0 Å². The fourth-order valence-electron chi connectivity index (χ4n) is 4.13. The third kappa shape index (κ3) is 13.0. The number of carbonyl (C=O) groups is 4. The van der Waals surface area contributed by atoms with E-state index in [-0.39, 0.29) is 37.9 Å². The molecule has 1 saturated carbocycles. The quantitative estimate of drug-likeness (QED) is 0.0745. The van der Waals surface area contributed by atoms with Gasteiger partial charge in [-0.2, -0.15) is 0 Å². The zero-order valence-corrected chi connectivity index (χ0v) is 24.7. The SMILES string of the molecule is C=CC(=O)OCCCOc1ccc(OC(=O)/C=C/c2ccc(OCCOC(=O)C(=C)CC(=O)OC3CCCCC3)cc2)cc1. The van der Waals surface area contributed by atoms with E-state index in [4.69, 9.17) is 28.4 Å². The van der Waals surface area contributed by atoms with Crippen molar-refractivity contribution in [3.63, 3.8) is 0 Å². The Morgan fingerprint density at radius 3 is 2.07 bits per heavy atom. The third-order valence-corrected chi connectivity index (χ3v) is 6.38. The van der Waals surface area contributed by atoms with Gasteiger partial charge in [0.2, 0.25) is 0 Å². The van der Waals surface area contributed by atoms with Crippen LogP contribution in [0.5, 0.6) is 17.2 Å². The van der Waals surface area contributed by atoms with Gasteiger partial charge >= 0.3 is 23.9 Å². The molecule has 3 rings (SSSR count). The van der Waals surface area contributed by atoms with E-state index >= 15 is 0 Å². The van der Waals surface area contributed by atoms with Gasteiger partial charge in [-0.05, 0) is 73.7 Å². The Kier molecular flexibility index (Phi) is 14.2. The van der Waals surface area contributed by atoms with Gasteiger partial charge in [-0.3, -0.25) is 4.79 Å². The molecule has 0 saturated heterocycles. The summed E-state index contributed by atoms with van der Waals surface area (Å²) in [6, 6.07) is 13.5. The number of hydrogen-bond acceptors (Lipinski definition) is 10. The summed E-state index contributed by atoms with van der Waals surface area (Å²) >= 11 is 0. The van der Waals surface area contributed by atoms with Crippen molar-refractivity contribution in [2.24, 2.45) is 0 Å².